The average Bonchev–Trinajstić information content (AvgIpc) is 2.93. The molecule has 0 unspecified atom stereocenters. The summed E-state index contributed by atoms with van der Waals surface area (Å²) in [5.41, 5.74) is 9.84. The van der Waals surface area contributed by atoms with Crippen LogP contribution in [-0.2, 0) is 13.1 Å². The number of hydrogen-bond acceptors (Lipinski definition) is 7. The minimum atomic E-state index is -0.534. The Morgan fingerprint density at radius 1 is 0.921 bits per heavy atom. The van der Waals surface area contributed by atoms with E-state index >= 15 is 0 Å². The van der Waals surface area contributed by atoms with Gasteiger partial charge in [0.25, 0.3) is 11.8 Å². The first kappa shape index (κ1) is 25.3. The number of nitrogens with two attached hydrogens (primary N) is 1. The van der Waals surface area contributed by atoms with E-state index in [0.717, 1.165) is 38.3 Å². The van der Waals surface area contributed by atoms with Crippen LogP contribution in [0, 0.1) is 0 Å². The van der Waals surface area contributed by atoms with E-state index in [1.165, 1.54) is 11.9 Å². The van der Waals surface area contributed by atoms with Crippen molar-refractivity contribution in [2.24, 2.45) is 5.73 Å². The Kier molecular flexibility index (Phi) is 7.57. The lowest BCUT2D eigenvalue weighted by molar-refractivity contribution is 0.0998. The highest BCUT2D eigenvalue weighted by molar-refractivity contribution is 6.07. The number of fused-ring (bicyclic) bond motifs is 1. The topological polar surface area (TPSA) is 116 Å². The largest absolute Gasteiger partial charge is 0.366 e. The van der Waals surface area contributed by atoms with Crippen LogP contribution in [0.3, 0.4) is 0 Å². The minimum absolute atomic E-state index is 0.151. The van der Waals surface area contributed by atoms with Gasteiger partial charge in [-0.05, 0) is 54.6 Å². The molecule has 1 aliphatic heterocycles. The second-order valence-corrected chi connectivity index (χ2v) is 9.57. The zero-order valence-corrected chi connectivity index (χ0v) is 21.4. The zero-order chi connectivity index (χ0) is 26.5. The van der Waals surface area contributed by atoms with Crippen molar-refractivity contribution in [3.8, 4) is 0 Å². The monoisotopic (exact) mass is 509 g/mol. The molecule has 0 saturated carbocycles. The quantitative estimate of drug-likeness (QED) is 0.334. The molecule has 1 fully saturated rings. The number of amides is 2. The van der Waals surface area contributed by atoms with Gasteiger partial charge in [0, 0.05) is 55.9 Å². The first-order valence-electron chi connectivity index (χ1n) is 12.6. The van der Waals surface area contributed by atoms with Crippen LogP contribution < -0.4 is 16.4 Å². The minimum Gasteiger partial charge on any atom is -0.366 e. The molecule has 1 saturated heterocycles. The van der Waals surface area contributed by atoms with Crippen LogP contribution in [-0.4, -0.2) is 64.8 Å². The Balaban J connectivity index is 1.21. The van der Waals surface area contributed by atoms with Gasteiger partial charge in [-0.1, -0.05) is 30.3 Å². The molecule has 0 bridgehead atoms. The molecule has 2 amide bonds. The van der Waals surface area contributed by atoms with E-state index in [-0.39, 0.29) is 5.91 Å². The number of rotatable bonds is 8. The van der Waals surface area contributed by atoms with Crippen LogP contribution in [0.5, 0.6) is 0 Å². The van der Waals surface area contributed by atoms with E-state index in [2.05, 4.69) is 37.4 Å². The predicted octanol–water partition coefficient (Wildman–Crippen LogP) is 3.34. The molecule has 9 heteroatoms. The van der Waals surface area contributed by atoms with Gasteiger partial charge in [-0.25, -0.2) is 9.97 Å². The fraction of sp³-hybridized carbons (Fsp3) is 0.241. The number of likely N-dealkylation sites (N-methyl/N-ethyl adjacent to an activating group) is 1. The molecule has 1 aliphatic rings. The molecule has 0 atom stereocenters. The summed E-state index contributed by atoms with van der Waals surface area (Å²) in [5, 5.41) is 7.01. The van der Waals surface area contributed by atoms with E-state index in [0.29, 0.717) is 40.1 Å². The van der Waals surface area contributed by atoms with Crippen molar-refractivity contribution in [3.63, 3.8) is 0 Å². The highest BCUT2D eigenvalue weighted by atomic mass is 16.2. The van der Waals surface area contributed by atoms with Crippen molar-refractivity contribution >= 4 is 34.2 Å². The molecule has 38 heavy (non-hydrogen) atoms. The van der Waals surface area contributed by atoms with Crippen LogP contribution in [0.25, 0.3) is 10.9 Å². The Hall–Kier alpha value is -4.34. The normalized spacial score (nSPS) is 14.3. The Morgan fingerprint density at radius 2 is 1.68 bits per heavy atom. The molecule has 194 valence electrons. The summed E-state index contributed by atoms with van der Waals surface area (Å²) in [6, 6.07) is 20.7. The van der Waals surface area contributed by atoms with Crippen molar-refractivity contribution in [2.75, 3.05) is 43.9 Å². The molecular weight excluding hydrogens is 478 g/mol. The van der Waals surface area contributed by atoms with E-state index < -0.39 is 5.91 Å². The van der Waals surface area contributed by atoms with Crippen LogP contribution in [0.2, 0.25) is 0 Å². The second kappa shape index (κ2) is 11.4. The smallest absolute Gasteiger partial charge is 0.255 e. The first-order valence-corrected chi connectivity index (χ1v) is 12.6. The number of primary amides is 1. The summed E-state index contributed by atoms with van der Waals surface area (Å²) in [6.45, 7) is 5.66. The van der Waals surface area contributed by atoms with E-state index in [4.69, 9.17) is 5.73 Å². The molecular formula is C29H31N7O2. The third-order valence-electron chi connectivity index (χ3n) is 6.79. The van der Waals surface area contributed by atoms with Crippen molar-refractivity contribution in [1.29, 1.82) is 0 Å². The average molecular weight is 510 g/mol. The zero-order valence-electron chi connectivity index (χ0n) is 21.4. The number of piperazine rings is 1. The van der Waals surface area contributed by atoms with Crippen LogP contribution in [0.4, 0.5) is 11.5 Å². The van der Waals surface area contributed by atoms with Gasteiger partial charge >= 0.3 is 0 Å². The van der Waals surface area contributed by atoms with Crippen LogP contribution in [0.1, 0.15) is 31.8 Å². The molecule has 4 N–H and O–H groups in total. The van der Waals surface area contributed by atoms with Gasteiger partial charge in [-0.2, -0.15) is 0 Å². The number of para-hydroxylation sites is 1. The van der Waals surface area contributed by atoms with E-state index in [9.17, 15) is 9.59 Å². The van der Waals surface area contributed by atoms with Gasteiger partial charge in [-0.15, -0.1) is 0 Å². The van der Waals surface area contributed by atoms with Gasteiger partial charge in [0.2, 0.25) is 0 Å². The number of anilines is 2. The fourth-order valence-corrected chi connectivity index (χ4v) is 4.60. The highest BCUT2D eigenvalue weighted by Crippen LogP contribution is 2.23. The molecule has 0 radical (unpaired) electrons. The number of aromatic nitrogens is 2. The summed E-state index contributed by atoms with van der Waals surface area (Å²) >= 11 is 0. The Labute approximate surface area is 221 Å². The standard InChI is InChI=1S/C29H31N7O2/c1-35-12-14-36(15-13-35)18-20-8-10-22(11-9-20)29(38)34-23-5-2-4-21(16-23)17-31-28-25-7-3-6-24(27(30)37)26(25)32-19-33-28/h2-11,16,19H,12-15,17-18H2,1H3,(H2,30,37)(H,34,38)(H,31,32,33). The lowest BCUT2D eigenvalue weighted by atomic mass is 10.1. The van der Waals surface area contributed by atoms with Gasteiger partial charge in [0.05, 0.1) is 11.1 Å². The van der Waals surface area contributed by atoms with Gasteiger partial charge in [0.15, 0.2) is 0 Å². The van der Waals surface area contributed by atoms with Gasteiger partial charge < -0.3 is 21.3 Å². The van der Waals surface area contributed by atoms with Gasteiger partial charge in [-0.3, -0.25) is 14.5 Å². The fourth-order valence-electron chi connectivity index (χ4n) is 4.60. The summed E-state index contributed by atoms with van der Waals surface area (Å²) < 4.78 is 0. The number of nitrogens with zero attached hydrogens (tertiary/aromatic N) is 4. The molecule has 5 rings (SSSR count). The second-order valence-electron chi connectivity index (χ2n) is 9.57. The van der Waals surface area contributed by atoms with Crippen molar-refractivity contribution in [1.82, 2.24) is 19.8 Å². The predicted molar refractivity (Wildman–Crippen MR) is 149 cm³/mol. The SMILES string of the molecule is CN1CCN(Cc2ccc(C(=O)Nc3cccc(CNc4ncnc5c(C(N)=O)cccc45)c3)cc2)CC1. The van der Waals surface area contributed by atoms with Crippen LogP contribution >= 0.6 is 0 Å². The summed E-state index contributed by atoms with van der Waals surface area (Å²) in [4.78, 5) is 38.0. The van der Waals surface area contributed by atoms with E-state index in [1.807, 2.05) is 54.6 Å². The molecule has 0 spiro atoms. The third kappa shape index (κ3) is 5.96. The summed E-state index contributed by atoms with van der Waals surface area (Å²) in [5.74, 6) is -0.0837. The molecule has 9 nitrogen and oxygen atoms in total. The van der Waals surface area contributed by atoms with Crippen molar-refractivity contribution < 1.29 is 9.59 Å². The molecule has 4 aromatic rings. The summed E-state index contributed by atoms with van der Waals surface area (Å²) in [6.07, 6.45) is 1.41. The lowest BCUT2D eigenvalue weighted by Crippen LogP contribution is -2.43. The molecule has 3 aromatic carbocycles. The van der Waals surface area contributed by atoms with Crippen molar-refractivity contribution in [3.05, 3.63) is 95.3 Å². The van der Waals surface area contributed by atoms with E-state index in [1.54, 1.807) is 12.1 Å². The Morgan fingerprint density at radius 3 is 2.45 bits per heavy atom. The maximum absolute atomic E-state index is 12.9. The summed E-state index contributed by atoms with van der Waals surface area (Å²) in [7, 11) is 2.15. The maximum atomic E-state index is 12.9. The Bertz CT molecular complexity index is 1450. The molecule has 0 aliphatic carbocycles. The first-order chi connectivity index (χ1) is 18.5. The number of nitrogens with one attached hydrogen (secondary N) is 2. The molecule has 1 aromatic heterocycles. The lowest BCUT2D eigenvalue weighted by Gasteiger charge is -2.32. The van der Waals surface area contributed by atoms with Crippen molar-refractivity contribution in [2.45, 2.75) is 13.1 Å². The number of carbonyl (C=O) groups is 2. The van der Waals surface area contributed by atoms with Gasteiger partial charge in [0.1, 0.15) is 12.1 Å². The number of hydrogen-bond donors (Lipinski definition) is 3. The maximum Gasteiger partial charge on any atom is 0.255 e. The number of carbonyl (C=O) groups excluding carboxylic acids is 2. The molecule has 2 heterocycles. The van der Waals surface area contributed by atoms with Crippen LogP contribution in [0.15, 0.2) is 73.1 Å². The number of benzene rings is 3. The highest BCUT2D eigenvalue weighted by Gasteiger charge is 2.15. The third-order valence-corrected chi connectivity index (χ3v) is 6.79.